The van der Waals surface area contributed by atoms with Crippen molar-refractivity contribution in [2.24, 2.45) is 0 Å². The zero-order chi connectivity index (χ0) is 15.2. The first-order chi connectivity index (χ1) is 9.44. The number of benzene rings is 1. The maximum atomic E-state index is 12.3. The number of nitriles is 1. The number of ether oxygens (including phenoxy) is 1. The van der Waals surface area contributed by atoms with Crippen molar-refractivity contribution in [2.45, 2.75) is 30.7 Å². The molecule has 0 aliphatic carbocycles. The van der Waals surface area contributed by atoms with Crippen molar-refractivity contribution in [1.82, 2.24) is 4.72 Å². The molecule has 1 aromatic carbocycles. The highest BCUT2D eigenvalue weighted by Gasteiger charge is 2.22. The molecule has 0 heterocycles. The number of nitrogens with one attached hydrogen (secondary N) is 1. The van der Waals surface area contributed by atoms with Gasteiger partial charge in [0.05, 0.1) is 23.3 Å². The van der Waals surface area contributed by atoms with Gasteiger partial charge in [0.25, 0.3) is 0 Å². The molecule has 0 radical (unpaired) electrons. The van der Waals surface area contributed by atoms with Crippen LogP contribution in [0.2, 0.25) is 5.02 Å². The summed E-state index contributed by atoms with van der Waals surface area (Å²) in [6.07, 6.45) is 1.48. The molecule has 7 heteroatoms. The van der Waals surface area contributed by atoms with E-state index in [0.29, 0.717) is 6.42 Å². The maximum absolute atomic E-state index is 12.3. The van der Waals surface area contributed by atoms with Crippen molar-refractivity contribution in [3.8, 4) is 6.07 Å². The molecule has 1 unspecified atom stereocenters. The Morgan fingerprint density at radius 1 is 1.50 bits per heavy atom. The predicted octanol–water partition coefficient (Wildman–Crippen LogP) is 2.31. The van der Waals surface area contributed by atoms with Gasteiger partial charge in [-0.05, 0) is 24.6 Å². The van der Waals surface area contributed by atoms with Crippen molar-refractivity contribution >= 4 is 21.6 Å². The van der Waals surface area contributed by atoms with Crippen LogP contribution in [0.4, 0.5) is 0 Å². The fraction of sp³-hybridized carbons (Fsp3) is 0.462. The second-order valence-corrected chi connectivity index (χ2v) is 6.41. The Kier molecular flexibility index (Phi) is 6.43. The van der Waals surface area contributed by atoms with Crippen molar-refractivity contribution in [3.05, 3.63) is 28.8 Å². The van der Waals surface area contributed by atoms with Gasteiger partial charge in [-0.1, -0.05) is 24.9 Å². The zero-order valence-electron chi connectivity index (χ0n) is 11.4. The molecule has 0 aliphatic rings. The molecule has 0 spiro atoms. The van der Waals surface area contributed by atoms with Crippen LogP contribution in [0.15, 0.2) is 23.1 Å². The van der Waals surface area contributed by atoms with E-state index in [9.17, 15) is 8.42 Å². The SMILES string of the molecule is CCCC(COC)NS(=O)(=O)c1cc(C#N)ccc1Cl. The number of halogens is 1. The number of nitrogens with zero attached hydrogens (tertiary/aromatic N) is 1. The highest BCUT2D eigenvalue weighted by molar-refractivity contribution is 7.89. The summed E-state index contributed by atoms with van der Waals surface area (Å²) in [5.41, 5.74) is 0.244. The summed E-state index contributed by atoms with van der Waals surface area (Å²) in [5.74, 6) is 0. The normalized spacial score (nSPS) is 12.9. The van der Waals surface area contributed by atoms with Gasteiger partial charge < -0.3 is 4.74 Å². The van der Waals surface area contributed by atoms with Crippen LogP contribution in [0.3, 0.4) is 0 Å². The summed E-state index contributed by atoms with van der Waals surface area (Å²) in [7, 11) is -2.27. The van der Waals surface area contributed by atoms with Crippen LogP contribution in [-0.2, 0) is 14.8 Å². The molecule has 1 N–H and O–H groups in total. The standard InChI is InChI=1S/C13H17ClN2O3S/c1-3-4-11(9-19-2)16-20(17,18)13-7-10(8-15)5-6-12(13)14/h5-7,11,16H,3-4,9H2,1-2H3. The average molecular weight is 317 g/mol. The minimum Gasteiger partial charge on any atom is -0.383 e. The number of hydrogen-bond acceptors (Lipinski definition) is 4. The Morgan fingerprint density at radius 3 is 2.75 bits per heavy atom. The van der Waals surface area contributed by atoms with Gasteiger partial charge in [-0.2, -0.15) is 5.26 Å². The van der Waals surface area contributed by atoms with Crippen molar-refractivity contribution in [3.63, 3.8) is 0 Å². The molecule has 0 aromatic heterocycles. The molecular formula is C13H17ClN2O3S. The highest BCUT2D eigenvalue weighted by atomic mass is 35.5. The third-order valence-electron chi connectivity index (χ3n) is 2.68. The lowest BCUT2D eigenvalue weighted by Crippen LogP contribution is -2.38. The molecule has 0 amide bonds. The summed E-state index contributed by atoms with van der Waals surface area (Å²) < 4.78 is 32.2. The first-order valence-corrected chi connectivity index (χ1v) is 8.01. The third kappa shape index (κ3) is 4.46. The number of hydrogen-bond donors (Lipinski definition) is 1. The van der Waals surface area contributed by atoms with Crippen LogP contribution in [0.25, 0.3) is 0 Å². The van der Waals surface area contributed by atoms with Crippen LogP contribution < -0.4 is 4.72 Å². The molecule has 1 rings (SSSR count). The Balaban J connectivity index is 3.07. The van der Waals surface area contributed by atoms with E-state index in [1.807, 2.05) is 13.0 Å². The summed E-state index contributed by atoms with van der Waals surface area (Å²) in [5, 5.41) is 8.93. The predicted molar refractivity (Wildman–Crippen MR) is 77.1 cm³/mol. The fourth-order valence-electron chi connectivity index (χ4n) is 1.79. The second-order valence-electron chi connectivity index (χ2n) is 4.32. The van der Waals surface area contributed by atoms with E-state index in [4.69, 9.17) is 21.6 Å². The lowest BCUT2D eigenvalue weighted by molar-refractivity contribution is 0.171. The van der Waals surface area contributed by atoms with E-state index in [2.05, 4.69) is 4.72 Å². The summed E-state index contributed by atoms with van der Waals surface area (Å²) in [6.45, 7) is 2.24. The van der Waals surface area contributed by atoms with Gasteiger partial charge in [0.2, 0.25) is 10.0 Å². The Hall–Kier alpha value is -1.13. The maximum Gasteiger partial charge on any atom is 0.242 e. The molecule has 20 heavy (non-hydrogen) atoms. The zero-order valence-corrected chi connectivity index (χ0v) is 13.0. The van der Waals surface area contributed by atoms with E-state index in [0.717, 1.165) is 6.42 Å². The third-order valence-corrected chi connectivity index (χ3v) is 4.68. The highest BCUT2D eigenvalue weighted by Crippen LogP contribution is 2.23. The molecule has 0 saturated heterocycles. The smallest absolute Gasteiger partial charge is 0.242 e. The van der Waals surface area contributed by atoms with Gasteiger partial charge in [0.1, 0.15) is 4.90 Å². The summed E-state index contributed by atoms with van der Waals surface area (Å²) in [6, 6.07) is 5.71. The van der Waals surface area contributed by atoms with Crippen molar-refractivity contribution in [1.29, 1.82) is 5.26 Å². The minimum atomic E-state index is -3.78. The lowest BCUT2D eigenvalue weighted by Gasteiger charge is -2.17. The molecule has 5 nitrogen and oxygen atoms in total. The van der Waals surface area contributed by atoms with Gasteiger partial charge in [0, 0.05) is 13.2 Å². The lowest BCUT2D eigenvalue weighted by atomic mass is 10.2. The largest absolute Gasteiger partial charge is 0.383 e. The average Bonchev–Trinajstić information content (AvgIpc) is 2.39. The Labute approximate surface area is 124 Å². The quantitative estimate of drug-likeness (QED) is 0.837. The Bertz CT molecular complexity index is 590. The topological polar surface area (TPSA) is 79.2 Å². The summed E-state index contributed by atoms with van der Waals surface area (Å²) >= 11 is 5.92. The number of rotatable bonds is 7. The van der Waals surface area contributed by atoms with E-state index in [1.54, 1.807) is 0 Å². The van der Waals surface area contributed by atoms with Crippen LogP contribution in [0.1, 0.15) is 25.3 Å². The van der Waals surface area contributed by atoms with Crippen LogP contribution in [0.5, 0.6) is 0 Å². The molecule has 0 fully saturated rings. The molecule has 1 atom stereocenters. The molecule has 1 aromatic rings. The fourth-order valence-corrected chi connectivity index (χ4v) is 3.57. The first-order valence-electron chi connectivity index (χ1n) is 6.15. The molecule has 0 bridgehead atoms. The monoisotopic (exact) mass is 316 g/mol. The van der Waals surface area contributed by atoms with Gasteiger partial charge in [-0.3, -0.25) is 0 Å². The van der Waals surface area contributed by atoms with E-state index in [-0.39, 0.29) is 28.1 Å². The van der Waals surface area contributed by atoms with Crippen molar-refractivity contribution in [2.75, 3.05) is 13.7 Å². The van der Waals surface area contributed by atoms with Crippen LogP contribution in [-0.4, -0.2) is 28.2 Å². The Morgan fingerprint density at radius 2 is 2.20 bits per heavy atom. The molecule has 0 aliphatic heterocycles. The number of sulfonamides is 1. The molecule has 110 valence electrons. The van der Waals surface area contributed by atoms with Crippen molar-refractivity contribution < 1.29 is 13.2 Å². The number of methoxy groups -OCH3 is 1. The van der Waals surface area contributed by atoms with Gasteiger partial charge in [-0.25, -0.2) is 13.1 Å². The van der Waals surface area contributed by atoms with E-state index < -0.39 is 10.0 Å². The van der Waals surface area contributed by atoms with Gasteiger partial charge >= 0.3 is 0 Å². The second kappa shape index (κ2) is 7.60. The van der Waals surface area contributed by atoms with E-state index >= 15 is 0 Å². The van der Waals surface area contributed by atoms with Gasteiger partial charge in [-0.15, -0.1) is 0 Å². The van der Waals surface area contributed by atoms with E-state index in [1.165, 1.54) is 25.3 Å². The van der Waals surface area contributed by atoms with Crippen LogP contribution in [0, 0.1) is 11.3 Å². The molecular weight excluding hydrogens is 300 g/mol. The summed E-state index contributed by atoms with van der Waals surface area (Å²) in [4.78, 5) is -0.0876. The first kappa shape index (κ1) is 16.9. The van der Waals surface area contributed by atoms with Crippen LogP contribution >= 0.6 is 11.6 Å². The van der Waals surface area contributed by atoms with Gasteiger partial charge in [0.15, 0.2) is 0 Å². The minimum absolute atomic E-state index is 0.0872. The molecule has 0 saturated carbocycles.